The van der Waals surface area contributed by atoms with Crippen molar-refractivity contribution in [1.82, 2.24) is 4.57 Å². The van der Waals surface area contributed by atoms with Gasteiger partial charge >= 0.3 is 0 Å². The summed E-state index contributed by atoms with van der Waals surface area (Å²) in [6, 6.07) is 51.2. The molecular weight excluding hydrogens is 502 g/mol. The summed E-state index contributed by atoms with van der Waals surface area (Å²) in [5.41, 5.74) is 8.87. The molecule has 8 aromatic rings. The standard InChI is InChI=1S/C38H23NS/c1-2-11-27-24(9-1)10-7-17-33(27)39-34-16-5-3-12-28(34)32-23-25(19-21-35(32)39)26-20-22-37-38-30(26)14-8-15-31(38)29-13-4-6-18-36(29)40-37/h1-23H. The van der Waals surface area contributed by atoms with E-state index in [9.17, 15) is 0 Å². The molecule has 0 radical (unpaired) electrons. The number of hydrogen-bond acceptors (Lipinski definition) is 1. The van der Waals surface area contributed by atoms with E-state index in [0.717, 1.165) is 0 Å². The third-order valence-electron chi connectivity index (χ3n) is 8.39. The molecule has 1 aliphatic rings. The molecule has 0 atom stereocenters. The molecule has 0 spiro atoms. The van der Waals surface area contributed by atoms with Gasteiger partial charge in [0.15, 0.2) is 0 Å². The van der Waals surface area contributed by atoms with Crippen LogP contribution in [0.1, 0.15) is 0 Å². The molecule has 0 amide bonds. The summed E-state index contributed by atoms with van der Waals surface area (Å²) in [4.78, 5) is 2.67. The minimum Gasteiger partial charge on any atom is -0.309 e. The monoisotopic (exact) mass is 525 g/mol. The van der Waals surface area contributed by atoms with Crippen LogP contribution in [0.3, 0.4) is 0 Å². The lowest BCUT2D eigenvalue weighted by atomic mass is 9.92. The Labute approximate surface area is 236 Å². The van der Waals surface area contributed by atoms with E-state index in [-0.39, 0.29) is 0 Å². The molecule has 1 aromatic heterocycles. The number of aromatic nitrogens is 1. The summed E-state index contributed by atoms with van der Waals surface area (Å²) in [5, 5.41) is 7.75. The maximum absolute atomic E-state index is 2.43. The van der Waals surface area contributed by atoms with Gasteiger partial charge in [0.25, 0.3) is 0 Å². The Balaban J connectivity index is 1.31. The maximum atomic E-state index is 2.43. The molecule has 0 aliphatic carbocycles. The highest BCUT2D eigenvalue weighted by atomic mass is 32.2. The van der Waals surface area contributed by atoms with Gasteiger partial charge in [-0.25, -0.2) is 0 Å². The molecule has 1 nitrogen and oxygen atoms in total. The molecule has 0 fully saturated rings. The Kier molecular flexibility index (Phi) is 4.61. The van der Waals surface area contributed by atoms with Crippen LogP contribution in [0, 0.1) is 0 Å². The summed E-state index contributed by atoms with van der Waals surface area (Å²) >= 11 is 1.88. The number of rotatable bonds is 2. The molecule has 2 heteroatoms. The fraction of sp³-hybridized carbons (Fsp3) is 0. The van der Waals surface area contributed by atoms with Gasteiger partial charge in [-0.2, -0.15) is 0 Å². The first-order chi connectivity index (χ1) is 19.8. The van der Waals surface area contributed by atoms with Crippen LogP contribution < -0.4 is 0 Å². The lowest BCUT2D eigenvalue weighted by Crippen LogP contribution is -1.95. The van der Waals surface area contributed by atoms with E-state index in [0.29, 0.717) is 0 Å². The summed E-state index contributed by atoms with van der Waals surface area (Å²) < 4.78 is 2.43. The first-order valence-electron chi connectivity index (χ1n) is 13.7. The maximum Gasteiger partial charge on any atom is 0.0541 e. The van der Waals surface area contributed by atoms with Crippen LogP contribution in [0.25, 0.3) is 71.3 Å². The summed E-state index contributed by atoms with van der Waals surface area (Å²) in [5.74, 6) is 0. The molecule has 7 aromatic carbocycles. The quantitative estimate of drug-likeness (QED) is 0.217. The van der Waals surface area contributed by atoms with Gasteiger partial charge in [0.2, 0.25) is 0 Å². The summed E-state index contributed by atoms with van der Waals surface area (Å²) in [6.07, 6.45) is 0. The highest BCUT2D eigenvalue weighted by Gasteiger charge is 2.21. The Hall–Kier alpha value is -4.79. The average Bonchev–Trinajstić information content (AvgIpc) is 3.34. The highest BCUT2D eigenvalue weighted by molar-refractivity contribution is 7.99. The van der Waals surface area contributed by atoms with Gasteiger partial charge in [-0.1, -0.05) is 115 Å². The van der Waals surface area contributed by atoms with Gasteiger partial charge in [0.05, 0.1) is 16.7 Å². The van der Waals surface area contributed by atoms with Crippen LogP contribution in [-0.2, 0) is 0 Å². The number of hydrogen-bond donors (Lipinski definition) is 0. The average molecular weight is 526 g/mol. The van der Waals surface area contributed by atoms with Crippen molar-refractivity contribution in [2.75, 3.05) is 0 Å². The van der Waals surface area contributed by atoms with Crippen molar-refractivity contribution in [2.45, 2.75) is 9.79 Å². The number of para-hydroxylation sites is 1. The first-order valence-corrected chi connectivity index (χ1v) is 14.5. The van der Waals surface area contributed by atoms with E-state index in [4.69, 9.17) is 0 Å². The molecule has 40 heavy (non-hydrogen) atoms. The summed E-state index contributed by atoms with van der Waals surface area (Å²) in [7, 11) is 0. The zero-order valence-electron chi connectivity index (χ0n) is 21.6. The zero-order chi connectivity index (χ0) is 26.2. The molecule has 0 saturated carbocycles. The highest BCUT2D eigenvalue weighted by Crippen LogP contribution is 2.49. The van der Waals surface area contributed by atoms with E-state index >= 15 is 0 Å². The van der Waals surface area contributed by atoms with Crippen LogP contribution in [-0.4, -0.2) is 4.57 Å². The molecule has 1 aliphatic heterocycles. The van der Waals surface area contributed by atoms with E-state index in [1.165, 1.54) is 81.1 Å². The van der Waals surface area contributed by atoms with Gasteiger partial charge in [-0.05, 0) is 69.4 Å². The molecule has 2 heterocycles. The predicted molar refractivity (Wildman–Crippen MR) is 171 cm³/mol. The molecule has 0 unspecified atom stereocenters. The van der Waals surface area contributed by atoms with Crippen molar-refractivity contribution >= 4 is 55.1 Å². The van der Waals surface area contributed by atoms with Crippen molar-refractivity contribution < 1.29 is 0 Å². The van der Waals surface area contributed by atoms with Crippen molar-refractivity contribution in [2.24, 2.45) is 0 Å². The number of fused-ring (bicyclic) bond motifs is 6. The van der Waals surface area contributed by atoms with Crippen molar-refractivity contribution in [3.8, 4) is 27.9 Å². The molecule has 0 N–H and O–H groups in total. The first kappa shape index (κ1) is 22.1. The zero-order valence-corrected chi connectivity index (χ0v) is 22.5. The SMILES string of the molecule is c1ccc2c(c1)Sc1ccc(-c3ccc4c(c3)c3ccccc3n4-c3cccc4ccccc34)c3cccc-2c13. The van der Waals surface area contributed by atoms with Crippen molar-refractivity contribution in [3.05, 3.63) is 140 Å². The van der Waals surface area contributed by atoms with Gasteiger partial charge in [0, 0.05) is 31.3 Å². The molecule has 0 bridgehead atoms. The van der Waals surface area contributed by atoms with Crippen LogP contribution in [0.2, 0.25) is 0 Å². The fourth-order valence-electron chi connectivity index (χ4n) is 6.64. The van der Waals surface area contributed by atoms with Crippen LogP contribution in [0.4, 0.5) is 0 Å². The Morgan fingerprint density at radius 2 is 1.15 bits per heavy atom. The second-order valence-corrected chi connectivity index (χ2v) is 11.6. The van der Waals surface area contributed by atoms with Crippen molar-refractivity contribution in [1.29, 1.82) is 0 Å². The van der Waals surface area contributed by atoms with Gasteiger partial charge < -0.3 is 4.57 Å². The van der Waals surface area contributed by atoms with E-state index in [1.54, 1.807) is 0 Å². The van der Waals surface area contributed by atoms with Crippen LogP contribution in [0.15, 0.2) is 149 Å². The molecule has 9 rings (SSSR count). The van der Waals surface area contributed by atoms with Gasteiger partial charge in [-0.3, -0.25) is 0 Å². The molecule has 186 valence electrons. The Morgan fingerprint density at radius 3 is 2.12 bits per heavy atom. The Bertz CT molecular complexity index is 2300. The van der Waals surface area contributed by atoms with E-state index < -0.39 is 0 Å². The van der Waals surface area contributed by atoms with Gasteiger partial charge in [-0.15, -0.1) is 0 Å². The smallest absolute Gasteiger partial charge is 0.0541 e. The lowest BCUT2D eigenvalue weighted by molar-refractivity contribution is 1.20. The Morgan fingerprint density at radius 1 is 0.425 bits per heavy atom. The minimum atomic E-state index is 1.22. The van der Waals surface area contributed by atoms with Crippen LogP contribution in [0.5, 0.6) is 0 Å². The third kappa shape index (κ3) is 3.05. The third-order valence-corrected chi connectivity index (χ3v) is 9.53. The fourth-order valence-corrected chi connectivity index (χ4v) is 7.77. The number of benzene rings is 7. The second kappa shape index (κ2) is 8.35. The normalized spacial score (nSPS) is 12.4. The lowest BCUT2D eigenvalue weighted by Gasteiger charge is -2.21. The molecular formula is C38H23NS. The molecule has 0 saturated heterocycles. The van der Waals surface area contributed by atoms with E-state index in [2.05, 4.69) is 144 Å². The minimum absolute atomic E-state index is 1.22. The van der Waals surface area contributed by atoms with E-state index in [1.807, 2.05) is 11.8 Å². The topological polar surface area (TPSA) is 4.93 Å². The predicted octanol–water partition coefficient (Wildman–Crippen LogP) is 10.9. The van der Waals surface area contributed by atoms with Crippen LogP contribution >= 0.6 is 11.8 Å². The largest absolute Gasteiger partial charge is 0.309 e. The van der Waals surface area contributed by atoms with Gasteiger partial charge in [0.1, 0.15) is 0 Å². The summed E-state index contributed by atoms with van der Waals surface area (Å²) in [6.45, 7) is 0. The van der Waals surface area contributed by atoms with Crippen molar-refractivity contribution in [3.63, 3.8) is 0 Å². The number of nitrogens with zero attached hydrogens (tertiary/aromatic N) is 1. The second-order valence-electron chi connectivity index (χ2n) is 10.5.